The Hall–Kier alpha value is -2.82. The number of rotatable bonds is 7. The van der Waals surface area contributed by atoms with E-state index in [2.05, 4.69) is 22.3 Å². The van der Waals surface area contributed by atoms with Crippen LogP contribution in [0, 0.1) is 0 Å². The van der Waals surface area contributed by atoms with Gasteiger partial charge in [-0.1, -0.05) is 37.3 Å². The molecule has 1 heterocycles. The van der Waals surface area contributed by atoms with Gasteiger partial charge in [0, 0.05) is 11.1 Å². The van der Waals surface area contributed by atoms with Gasteiger partial charge < -0.3 is 9.84 Å². The normalized spacial score (nSPS) is 11.4. The fraction of sp³-hybridized carbons (Fsp3) is 0.263. The predicted octanol–water partition coefficient (Wildman–Crippen LogP) is 4.20. The van der Waals surface area contributed by atoms with Gasteiger partial charge in [-0.2, -0.15) is 15.4 Å². The number of hydrogen-bond acceptors (Lipinski definition) is 4. The van der Waals surface area contributed by atoms with Gasteiger partial charge in [0.25, 0.3) is 0 Å². The van der Waals surface area contributed by atoms with E-state index in [0.29, 0.717) is 6.61 Å². The molecule has 0 aliphatic carbocycles. The molecule has 0 aliphatic heterocycles. The topological polar surface area (TPSA) is 71.0 Å². The second-order valence-corrected chi connectivity index (χ2v) is 5.60. The van der Waals surface area contributed by atoms with E-state index in [1.807, 2.05) is 42.5 Å². The first-order chi connectivity index (χ1) is 11.8. The first-order valence-corrected chi connectivity index (χ1v) is 8.18. The maximum atomic E-state index is 10.4. The zero-order valence-electron chi connectivity index (χ0n) is 13.7. The van der Waals surface area contributed by atoms with Crippen LogP contribution in [0.4, 0.5) is 0 Å². The standard InChI is InChI=1S/C19H21N3O2/c1-2-3-11-24-12-5-6-14-9-10-15(18(23)13-14)16-7-4-8-17-19(16)21-22-20-17/h3-4,7-11,13,23H,2,5-6,12H2,1H3,(H,20,21,22). The van der Waals surface area contributed by atoms with E-state index in [0.717, 1.165) is 47.0 Å². The lowest BCUT2D eigenvalue weighted by molar-refractivity contribution is 0.244. The molecule has 0 spiro atoms. The third kappa shape index (κ3) is 3.56. The Morgan fingerprint density at radius 2 is 2.08 bits per heavy atom. The first kappa shape index (κ1) is 16.1. The summed E-state index contributed by atoms with van der Waals surface area (Å²) in [6.45, 7) is 2.75. The van der Waals surface area contributed by atoms with Crippen LogP contribution in [0.25, 0.3) is 22.2 Å². The van der Waals surface area contributed by atoms with Crippen LogP contribution in [-0.2, 0) is 11.2 Å². The number of para-hydroxylation sites is 1. The third-order valence-electron chi connectivity index (χ3n) is 3.86. The lowest BCUT2D eigenvalue weighted by Crippen LogP contribution is -1.93. The van der Waals surface area contributed by atoms with E-state index in [1.54, 1.807) is 6.26 Å². The lowest BCUT2D eigenvalue weighted by atomic mass is 10.00. The van der Waals surface area contributed by atoms with Crippen molar-refractivity contribution >= 4 is 11.0 Å². The summed E-state index contributed by atoms with van der Waals surface area (Å²) in [5, 5.41) is 21.3. The molecule has 0 radical (unpaired) electrons. The average Bonchev–Trinajstić information content (AvgIpc) is 3.07. The summed E-state index contributed by atoms with van der Waals surface area (Å²) in [6, 6.07) is 11.5. The second kappa shape index (κ2) is 7.64. The number of benzene rings is 2. The number of aromatic hydroxyl groups is 1. The van der Waals surface area contributed by atoms with Gasteiger partial charge in [-0.05, 0) is 37.0 Å². The van der Waals surface area contributed by atoms with E-state index in [9.17, 15) is 5.11 Å². The fourth-order valence-electron chi connectivity index (χ4n) is 2.64. The summed E-state index contributed by atoms with van der Waals surface area (Å²) in [6.07, 6.45) is 6.49. The summed E-state index contributed by atoms with van der Waals surface area (Å²) >= 11 is 0. The van der Waals surface area contributed by atoms with Crippen molar-refractivity contribution in [2.24, 2.45) is 0 Å². The Kier molecular flexibility index (Phi) is 5.11. The number of hydrogen-bond donors (Lipinski definition) is 2. The highest BCUT2D eigenvalue weighted by Gasteiger charge is 2.11. The van der Waals surface area contributed by atoms with Gasteiger partial charge in [-0.25, -0.2) is 0 Å². The van der Waals surface area contributed by atoms with Crippen molar-refractivity contribution in [3.05, 3.63) is 54.3 Å². The Bertz CT molecular complexity index is 839. The second-order valence-electron chi connectivity index (χ2n) is 5.60. The van der Waals surface area contributed by atoms with E-state index in [4.69, 9.17) is 4.74 Å². The molecule has 24 heavy (non-hydrogen) atoms. The Balaban J connectivity index is 1.71. The smallest absolute Gasteiger partial charge is 0.123 e. The molecule has 0 amide bonds. The number of nitrogens with one attached hydrogen (secondary N) is 1. The van der Waals surface area contributed by atoms with Gasteiger partial charge in [0.15, 0.2) is 0 Å². The van der Waals surface area contributed by atoms with Crippen molar-refractivity contribution in [3.8, 4) is 16.9 Å². The van der Waals surface area contributed by atoms with Crippen molar-refractivity contribution in [1.82, 2.24) is 15.4 Å². The number of nitrogens with zero attached hydrogens (tertiary/aromatic N) is 2. The number of phenols is 1. The maximum Gasteiger partial charge on any atom is 0.123 e. The van der Waals surface area contributed by atoms with Crippen LogP contribution in [0.5, 0.6) is 5.75 Å². The minimum Gasteiger partial charge on any atom is -0.507 e. The average molecular weight is 323 g/mol. The van der Waals surface area contributed by atoms with Crippen LogP contribution in [0.15, 0.2) is 48.7 Å². The summed E-state index contributed by atoms with van der Waals surface area (Å²) in [5.74, 6) is 0.259. The molecule has 0 bridgehead atoms. The van der Waals surface area contributed by atoms with Crippen molar-refractivity contribution in [2.75, 3.05) is 6.61 Å². The molecule has 3 aromatic rings. The molecule has 0 saturated carbocycles. The highest BCUT2D eigenvalue weighted by Crippen LogP contribution is 2.33. The lowest BCUT2D eigenvalue weighted by Gasteiger charge is -2.08. The van der Waals surface area contributed by atoms with Gasteiger partial charge in [-0.3, -0.25) is 0 Å². The number of ether oxygens (including phenoxy) is 1. The minimum atomic E-state index is 0.259. The Morgan fingerprint density at radius 3 is 2.92 bits per heavy atom. The zero-order valence-corrected chi connectivity index (χ0v) is 13.7. The largest absolute Gasteiger partial charge is 0.507 e. The molecule has 5 nitrogen and oxygen atoms in total. The molecule has 1 aromatic heterocycles. The van der Waals surface area contributed by atoms with Crippen molar-refractivity contribution < 1.29 is 9.84 Å². The van der Waals surface area contributed by atoms with Crippen LogP contribution in [-0.4, -0.2) is 27.1 Å². The number of aromatic amines is 1. The summed E-state index contributed by atoms with van der Waals surface area (Å²) in [7, 11) is 0. The fourth-order valence-corrected chi connectivity index (χ4v) is 2.64. The number of allylic oxidation sites excluding steroid dienone is 1. The number of aromatic nitrogens is 3. The number of phenolic OH excluding ortho intramolecular Hbond substituents is 1. The van der Waals surface area contributed by atoms with E-state index < -0.39 is 0 Å². The first-order valence-electron chi connectivity index (χ1n) is 8.18. The molecule has 2 N–H and O–H groups in total. The van der Waals surface area contributed by atoms with Crippen molar-refractivity contribution in [3.63, 3.8) is 0 Å². The molecule has 0 unspecified atom stereocenters. The van der Waals surface area contributed by atoms with Gasteiger partial charge in [0.2, 0.25) is 0 Å². The maximum absolute atomic E-state index is 10.4. The van der Waals surface area contributed by atoms with Crippen LogP contribution >= 0.6 is 0 Å². The third-order valence-corrected chi connectivity index (χ3v) is 3.86. The van der Waals surface area contributed by atoms with Crippen molar-refractivity contribution in [2.45, 2.75) is 26.2 Å². The molecular weight excluding hydrogens is 302 g/mol. The van der Waals surface area contributed by atoms with Crippen LogP contribution in [0.1, 0.15) is 25.3 Å². The monoisotopic (exact) mass is 323 g/mol. The zero-order chi connectivity index (χ0) is 16.8. The highest BCUT2D eigenvalue weighted by molar-refractivity contribution is 5.92. The Labute approximate surface area is 141 Å². The summed E-state index contributed by atoms with van der Waals surface area (Å²) in [5.41, 5.74) is 4.27. The van der Waals surface area contributed by atoms with Crippen LogP contribution in [0.2, 0.25) is 0 Å². The Morgan fingerprint density at radius 1 is 1.17 bits per heavy atom. The number of aryl methyl sites for hydroxylation is 1. The molecular formula is C19H21N3O2. The SMILES string of the molecule is CCC=COCCCc1ccc(-c2cccc3n[nH]nc23)c(O)c1. The van der Waals surface area contributed by atoms with Crippen molar-refractivity contribution in [1.29, 1.82) is 0 Å². The van der Waals surface area contributed by atoms with E-state index >= 15 is 0 Å². The molecule has 124 valence electrons. The quantitative estimate of drug-likeness (QED) is 0.505. The molecule has 5 heteroatoms. The van der Waals surface area contributed by atoms with E-state index in [-0.39, 0.29) is 5.75 Å². The van der Waals surface area contributed by atoms with Gasteiger partial charge in [0.1, 0.15) is 16.8 Å². The van der Waals surface area contributed by atoms with Gasteiger partial charge >= 0.3 is 0 Å². The van der Waals surface area contributed by atoms with Gasteiger partial charge in [-0.15, -0.1) is 0 Å². The molecule has 2 aromatic carbocycles. The molecule has 3 rings (SSSR count). The molecule has 0 aliphatic rings. The number of H-pyrrole nitrogens is 1. The van der Waals surface area contributed by atoms with Crippen LogP contribution in [0.3, 0.4) is 0 Å². The molecule has 0 saturated heterocycles. The molecule has 0 fully saturated rings. The predicted molar refractivity (Wildman–Crippen MR) is 94.7 cm³/mol. The number of fused-ring (bicyclic) bond motifs is 1. The molecule has 0 atom stereocenters. The van der Waals surface area contributed by atoms with E-state index in [1.165, 1.54) is 0 Å². The summed E-state index contributed by atoms with van der Waals surface area (Å²) < 4.78 is 5.40. The highest BCUT2D eigenvalue weighted by atomic mass is 16.5. The summed E-state index contributed by atoms with van der Waals surface area (Å²) in [4.78, 5) is 0. The van der Waals surface area contributed by atoms with Gasteiger partial charge in [0.05, 0.1) is 12.9 Å². The minimum absolute atomic E-state index is 0.259. The van der Waals surface area contributed by atoms with Crippen LogP contribution < -0.4 is 0 Å².